The molecule has 1 aliphatic rings. The van der Waals surface area contributed by atoms with Crippen LogP contribution in [0.15, 0.2) is 42.7 Å². The molecule has 1 saturated heterocycles. The Bertz CT molecular complexity index is 962. The first kappa shape index (κ1) is 20.1. The van der Waals surface area contributed by atoms with Gasteiger partial charge in [-0.1, -0.05) is 0 Å². The van der Waals surface area contributed by atoms with Crippen LogP contribution in [-0.4, -0.2) is 45.3 Å². The van der Waals surface area contributed by atoms with Crippen LogP contribution in [0.1, 0.15) is 22.8 Å². The molecule has 2 aromatic rings. The number of carbonyl (C=O) groups is 3. The number of nitrogens with zero attached hydrogens (tertiary/aromatic N) is 3. The monoisotopic (exact) mass is 409 g/mol. The van der Waals surface area contributed by atoms with Crippen molar-refractivity contribution in [3.05, 3.63) is 53.9 Å². The minimum absolute atomic E-state index is 0.0667. The highest BCUT2D eigenvalue weighted by Crippen LogP contribution is 2.30. The molecule has 29 heavy (non-hydrogen) atoms. The van der Waals surface area contributed by atoms with Crippen molar-refractivity contribution in [1.29, 1.82) is 0 Å². The lowest BCUT2D eigenvalue weighted by Gasteiger charge is -2.20. The summed E-state index contributed by atoms with van der Waals surface area (Å²) in [5.74, 6) is -2.31. The summed E-state index contributed by atoms with van der Waals surface area (Å²) in [5, 5.41) is 9.25. The Labute approximate surface area is 162 Å². The zero-order valence-electron chi connectivity index (χ0n) is 14.9. The molecule has 0 spiro atoms. The molecule has 0 saturated carbocycles. The number of alkyl halides is 3. The molecule has 3 amide bonds. The van der Waals surface area contributed by atoms with Crippen molar-refractivity contribution in [3.63, 3.8) is 0 Å². The first-order valence-electron chi connectivity index (χ1n) is 8.25. The lowest BCUT2D eigenvalue weighted by molar-refractivity contribution is -0.274. The quantitative estimate of drug-likeness (QED) is 0.762. The number of benzene rings is 1. The fraction of sp³-hybridized carbons (Fsp3) is 0.222. The maximum Gasteiger partial charge on any atom is 0.573 e. The number of aromatic nitrogens is 1. The van der Waals surface area contributed by atoms with Gasteiger partial charge in [-0.25, -0.2) is 14.5 Å². The van der Waals surface area contributed by atoms with E-state index in [-0.39, 0.29) is 23.4 Å². The van der Waals surface area contributed by atoms with Gasteiger partial charge in [0.05, 0.1) is 11.3 Å². The third-order valence-corrected chi connectivity index (χ3v) is 4.29. The van der Waals surface area contributed by atoms with E-state index in [1.165, 1.54) is 24.1 Å². The Morgan fingerprint density at radius 1 is 1.21 bits per heavy atom. The number of anilines is 1. The van der Waals surface area contributed by atoms with Crippen molar-refractivity contribution in [1.82, 2.24) is 9.88 Å². The fourth-order valence-electron chi connectivity index (χ4n) is 2.88. The number of carboxylic acids is 1. The highest BCUT2D eigenvalue weighted by atomic mass is 19.4. The van der Waals surface area contributed by atoms with Gasteiger partial charge in [-0.3, -0.25) is 9.78 Å². The average molecular weight is 409 g/mol. The minimum Gasteiger partial charge on any atom is -0.478 e. The van der Waals surface area contributed by atoms with Gasteiger partial charge in [0.1, 0.15) is 11.8 Å². The molecule has 3 rings (SSSR count). The first-order chi connectivity index (χ1) is 13.6. The van der Waals surface area contributed by atoms with Crippen LogP contribution in [0, 0.1) is 0 Å². The van der Waals surface area contributed by atoms with Crippen LogP contribution in [0.3, 0.4) is 0 Å². The largest absolute Gasteiger partial charge is 0.573 e. The zero-order valence-corrected chi connectivity index (χ0v) is 14.9. The molecule has 8 nitrogen and oxygen atoms in total. The maximum atomic E-state index is 12.8. The van der Waals surface area contributed by atoms with Gasteiger partial charge in [-0.15, -0.1) is 13.2 Å². The van der Waals surface area contributed by atoms with Crippen LogP contribution in [-0.2, 0) is 11.3 Å². The molecular weight excluding hydrogens is 395 g/mol. The third-order valence-electron chi connectivity index (χ3n) is 4.29. The molecule has 2 heterocycles. The molecule has 1 atom stereocenters. The van der Waals surface area contributed by atoms with Crippen molar-refractivity contribution in [2.24, 2.45) is 0 Å². The lowest BCUT2D eigenvalue weighted by atomic mass is 10.1. The van der Waals surface area contributed by atoms with Gasteiger partial charge in [-0.2, -0.15) is 0 Å². The molecule has 152 valence electrons. The van der Waals surface area contributed by atoms with Crippen molar-refractivity contribution >= 4 is 23.6 Å². The molecule has 1 N–H and O–H groups in total. The smallest absolute Gasteiger partial charge is 0.478 e. The second kappa shape index (κ2) is 7.41. The van der Waals surface area contributed by atoms with E-state index in [0.29, 0.717) is 0 Å². The second-order valence-corrected chi connectivity index (χ2v) is 6.14. The van der Waals surface area contributed by atoms with Gasteiger partial charge in [0, 0.05) is 18.9 Å². The van der Waals surface area contributed by atoms with Gasteiger partial charge in [0.2, 0.25) is 0 Å². The van der Waals surface area contributed by atoms with Crippen LogP contribution in [0.5, 0.6) is 5.75 Å². The number of ether oxygens (including phenoxy) is 1. The topological polar surface area (TPSA) is 100 Å². The van der Waals surface area contributed by atoms with E-state index in [0.717, 1.165) is 35.4 Å². The number of hydrogen-bond acceptors (Lipinski definition) is 5. The Morgan fingerprint density at radius 3 is 2.45 bits per heavy atom. The summed E-state index contributed by atoms with van der Waals surface area (Å²) in [6.45, 7) is 1.32. The Morgan fingerprint density at radius 2 is 1.86 bits per heavy atom. The molecule has 1 unspecified atom stereocenters. The lowest BCUT2D eigenvalue weighted by Crippen LogP contribution is -2.34. The summed E-state index contributed by atoms with van der Waals surface area (Å²) in [6, 6.07) is 4.10. The molecule has 11 heteroatoms. The van der Waals surface area contributed by atoms with Crippen molar-refractivity contribution in [2.75, 3.05) is 4.90 Å². The van der Waals surface area contributed by atoms with Crippen LogP contribution in [0.25, 0.3) is 0 Å². The van der Waals surface area contributed by atoms with E-state index in [9.17, 15) is 32.7 Å². The van der Waals surface area contributed by atoms with Gasteiger partial charge in [0.15, 0.2) is 0 Å². The summed E-state index contributed by atoms with van der Waals surface area (Å²) in [6.07, 6.45) is -2.35. The van der Waals surface area contributed by atoms with Crippen LogP contribution >= 0.6 is 0 Å². The average Bonchev–Trinajstić information content (AvgIpc) is 2.85. The third kappa shape index (κ3) is 4.13. The van der Waals surface area contributed by atoms with E-state index >= 15 is 0 Å². The number of hydrogen-bond donors (Lipinski definition) is 1. The van der Waals surface area contributed by atoms with E-state index in [4.69, 9.17) is 0 Å². The minimum atomic E-state index is -4.86. The van der Waals surface area contributed by atoms with Crippen molar-refractivity contribution in [3.8, 4) is 5.75 Å². The van der Waals surface area contributed by atoms with Crippen molar-refractivity contribution in [2.45, 2.75) is 25.9 Å². The summed E-state index contributed by atoms with van der Waals surface area (Å²) in [7, 11) is 0. The zero-order chi connectivity index (χ0) is 21.3. The van der Waals surface area contributed by atoms with E-state index in [1.807, 2.05) is 0 Å². The number of imide groups is 1. The van der Waals surface area contributed by atoms with Crippen LogP contribution in [0.2, 0.25) is 0 Å². The number of halogens is 3. The molecule has 1 aromatic heterocycles. The molecule has 1 fully saturated rings. The van der Waals surface area contributed by atoms with E-state index in [2.05, 4.69) is 9.72 Å². The number of rotatable bonds is 5. The van der Waals surface area contributed by atoms with E-state index < -0.39 is 36.1 Å². The Kier molecular flexibility index (Phi) is 5.14. The SMILES string of the molecule is CC1C(=O)N(c2ccc(OC(F)(F)F)cc2)C(=O)N1Cc1ccncc1C(=O)O. The fourth-order valence-corrected chi connectivity index (χ4v) is 2.88. The number of aromatic carboxylic acids is 1. The Hall–Kier alpha value is -3.63. The highest BCUT2D eigenvalue weighted by Gasteiger charge is 2.43. The molecule has 1 aliphatic heterocycles. The second-order valence-electron chi connectivity index (χ2n) is 6.14. The van der Waals surface area contributed by atoms with Crippen LogP contribution in [0.4, 0.5) is 23.7 Å². The van der Waals surface area contributed by atoms with Gasteiger partial charge >= 0.3 is 18.4 Å². The highest BCUT2D eigenvalue weighted by molar-refractivity contribution is 6.21. The molecule has 0 radical (unpaired) electrons. The summed E-state index contributed by atoms with van der Waals surface area (Å²) in [4.78, 5) is 42.4. The van der Waals surface area contributed by atoms with Gasteiger partial charge < -0.3 is 14.7 Å². The number of carbonyl (C=O) groups excluding carboxylic acids is 2. The standard InChI is InChI=1S/C18H14F3N3O5/c1-10-15(25)24(12-2-4-13(5-3-12)29-18(19,20)21)17(28)23(10)9-11-6-7-22-8-14(11)16(26)27/h2-8,10H,9H2,1H3,(H,26,27). The van der Waals surface area contributed by atoms with E-state index in [1.54, 1.807) is 0 Å². The molecule has 0 aliphatic carbocycles. The van der Waals surface area contributed by atoms with Gasteiger partial charge in [0.25, 0.3) is 5.91 Å². The van der Waals surface area contributed by atoms with Gasteiger partial charge in [-0.05, 0) is 42.8 Å². The first-order valence-corrected chi connectivity index (χ1v) is 8.25. The molecule has 1 aromatic carbocycles. The Balaban J connectivity index is 1.84. The maximum absolute atomic E-state index is 12.8. The predicted molar refractivity (Wildman–Crippen MR) is 92.2 cm³/mol. The summed E-state index contributed by atoms with van der Waals surface area (Å²) < 4.78 is 40.6. The molecular formula is C18H14F3N3O5. The van der Waals surface area contributed by atoms with Crippen molar-refractivity contribution < 1.29 is 37.4 Å². The number of carboxylic acid groups (broad SMARTS) is 1. The molecule has 0 bridgehead atoms. The predicted octanol–water partition coefficient (Wildman–Crippen LogP) is 3.04. The summed E-state index contributed by atoms with van der Waals surface area (Å²) in [5.41, 5.74) is 0.250. The summed E-state index contributed by atoms with van der Waals surface area (Å²) >= 11 is 0. The van der Waals surface area contributed by atoms with Crippen LogP contribution < -0.4 is 9.64 Å². The number of pyridine rings is 1. The number of amides is 3. The number of urea groups is 1. The normalized spacial score (nSPS) is 17.0.